The summed E-state index contributed by atoms with van der Waals surface area (Å²) in [6.07, 6.45) is 0. The number of hydrogen-bond donors (Lipinski definition) is 0. The molecule has 11 aromatic rings. The second-order valence-electron chi connectivity index (χ2n) is 14.5. The summed E-state index contributed by atoms with van der Waals surface area (Å²) >= 11 is 1.86. The highest BCUT2D eigenvalue weighted by Crippen LogP contribution is 2.43. The van der Waals surface area contributed by atoms with Crippen molar-refractivity contribution in [3.8, 4) is 33.4 Å². The normalized spacial score (nSPS) is 11.6. The Morgan fingerprint density at radius 1 is 0.286 bits per heavy atom. The molecule has 0 aliphatic carbocycles. The first kappa shape index (κ1) is 32.4. The SMILES string of the molecule is c1ccc(-c2ccc(N(c3ccc(-c4cc5c6ccccc6ccc5c5ccccc45)cc3)c3ccc(-c4cccc5sc6ccccc6c45)cc3)cc2)cc1. The van der Waals surface area contributed by atoms with E-state index in [4.69, 9.17) is 0 Å². The van der Waals surface area contributed by atoms with Gasteiger partial charge in [-0.15, -0.1) is 11.3 Å². The van der Waals surface area contributed by atoms with Gasteiger partial charge in [0.2, 0.25) is 0 Å². The van der Waals surface area contributed by atoms with Crippen molar-refractivity contribution in [2.45, 2.75) is 0 Å². The number of rotatable bonds is 6. The number of fused-ring (bicyclic) bond motifs is 8. The molecule has 10 aromatic carbocycles. The van der Waals surface area contributed by atoms with E-state index < -0.39 is 0 Å². The summed E-state index contributed by atoms with van der Waals surface area (Å²) in [4.78, 5) is 2.37. The predicted octanol–water partition coefficient (Wildman–Crippen LogP) is 16.0. The molecule has 1 aromatic heterocycles. The molecule has 0 saturated carbocycles. The molecule has 0 aliphatic rings. The second-order valence-corrected chi connectivity index (χ2v) is 15.6. The van der Waals surface area contributed by atoms with Crippen molar-refractivity contribution in [3.63, 3.8) is 0 Å². The van der Waals surface area contributed by atoms with Gasteiger partial charge in [0.1, 0.15) is 0 Å². The van der Waals surface area contributed by atoms with Gasteiger partial charge in [-0.3, -0.25) is 0 Å². The summed E-state index contributed by atoms with van der Waals surface area (Å²) < 4.78 is 2.64. The third-order valence-corrected chi connectivity index (χ3v) is 12.4. The molecule has 0 radical (unpaired) electrons. The molecule has 0 bridgehead atoms. The van der Waals surface area contributed by atoms with Crippen LogP contribution in [0.25, 0.3) is 85.9 Å². The Bertz CT molecular complexity index is 3210. The van der Waals surface area contributed by atoms with E-state index in [1.165, 1.54) is 85.9 Å². The van der Waals surface area contributed by atoms with Crippen LogP contribution in [0.2, 0.25) is 0 Å². The van der Waals surface area contributed by atoms with Crippen molar-refractivity contribution < 1.29 is 0 Å². The Morgan fingerprint density at radius 3 is 1.52 bits per heavy atom. The van der Waals surface area contributed by atoms with Crippen molar-refractivity contribution >= 4 is 80.9 Å². The number of nitrogens with zero attached hydrogens (tertiary/aromatic N) is 1. The van der Waals surface area contributed by atoms with Crippen LogP contribution in [0.5, 0.6) is 0 Å². The Kier molecular flexibility index (Phi) is 7.75. The fraction of sp³-hybridized carbons (Fsp3) is 0. The Balaban J connectivity index is 1.03. The van der Waals surface area contributed by atoms with Crippen LogP contribution in [-0.2, 0) is 0 Å². The lowest BCUT2D eigenvalue weighted by atomic mass is 9.91. The Labute approximate surface area is 330 Å². The summed E-state index contributed by atoms with van der Waals surface area (Å²) in [6.45, 7) is 0. The number of benzene rings is 10. The van der Waals surface area contributed by atoms with E-state index in [1.54, 1.807) is 0 Å². The van der Waals surface area contributed by atoms with E-state index in [1.807, 2.05) is 11.3 Å². The molecule has 0 amide bonds. The summed E-state index contributed by atoms with van der Waals surface area (Å²) in [5.74, 6) is 0. The lowest BCUT2D eigenvalue weighted by Gasteiger charge is -2.26. The summed E-state index contributed by atoms with van der Waals surface area (Å²) in [5.41, 5.74) is 10.7. The standard InChI is InChI=1S/C54H35NS/c1-2-11-36(12-3-1)37-21-28-41(29-22-37)55(42-30-23-39(24-31-42)45-18-10-20-53-54(45)49-17-8-9-19-52(49)56-53)43-32-25-40(26-33-43)50-35-51-44-14-5-4-13-38(44)27-34-48(51)46-15-6-7-16-47(46)50/h1-35H. The minimum absolute atomic E-state index is 1.11. The maximum absolute atomic E-state index is 2.39. The molecule has 1 heterocycles. The monoisotopic (exact) mass is 729 g/mol. The van der Waals surface area contributed by atoms with Gasteiger partial charge >= 0.3 is 0 Å². The van der Waals surface area contributed by atoms with Gasteiger partial charge in [0.25, 0.3) is 0 Å². The van der Waals surface area contributed by atoms with Crippen LogP contribution in [0.3, 0.4) is 0 Å². The van der Waals surface area contributed by atoms with Crippen LogP contribution >= 0.6 is 11.3 Å². The van der Waals surface area contributed by atoms with Gasteiger partial charge in [-0.05, 0) is 120 Å². The Morgan fingerprint density at radius 2 is 0.804 bits per heavy atom. The smallest absolute Gasteiger partial charge is 0.0462 e. The highest BCUT2D eigenvalue weighted by atomic mass is 32.1. The third kappa shape index (κ3) is 5.46. The quantitative estimate of drug-likeness (QED) is 0.154. The number of hydrogen-bond acceptors (Lipinski definition) is 2. The van der Waals surface area contributed by atoms with E-state index in [2.05, 4.69) is 217 Å². The number of anilines is 3. The van der Waals surface area contributed by atoms with Gasteiger partial charge in [-0.1, -0.05) is 158 Å². The molecule has 56 heavy (non-hydrogen) atoms. The molecule has 0 saturated heterocycles. The van der Waals surface area contributed by atoms with E-state index >= 15 is 0 Å². The van der Waals surface area contributed by atoms with Gasteiger partial charge in [0.15, 0.2) is 0 Å². The van der Waals surface area contributed by atoms with Crippen molar-refractivity contribution in [3.05, 3.63) is 212 Å². The highest BCUT2D eigenvalue weighted by Gasteiger charge is 2.17. The van der Waals surface area contributed by atoms with Crippen LogP contribution in [0, 0.1) is 0 Å². The molecule has 262 valence electrons. The maximum Gasteiger partial charge on any atom is 0.0462 e. The molecule has 0 fully saturated rings. The van der Waals surface area contributed by atoms with Crippen LogP contribution in [0.15, 0.2) is 212 Å². The Hall–Kier alpha value is -7.00. The zero-order valence-electron chi connectivity index (χ0n) is 30.6. The van der Waals surface area contributed by atoms with Crippen LogP contribution < -0.4 is 4.90 Å². The predicted molar refractivity (Wildman–Crippen MR) is 243 cm³/mol. The maximum atomic E-state index is 2.39. The van der Waals surface area contributed by atoms with Crippen molar-refractivity contribution in [2.24, 2.45) is 0 Å². The molecule has 0 N–H and O–H groups in total. The first-order valence-electron chi connectivity index (χ1n) is 19.2. The van der Waals surface area contributed by atoms with E-state index in [9.17, 15) is 0 Å². The average Bonchev–Trinajstić information content (AvgIpc) is 3.66. The van der Waals surface area contributed by atoms with E-state index in [-0.39, 0.29) is 0 Å². The molecule has 0 unspecified atom stereocenters. The van der Waals surface area contributed by atoms with Crippen LogP contribution in [0.4, 0.5) is 17.1 Å². The van der Waals surface area contributed by atoms with Gasteiger partial charge in [-0.2, -0.15) is 0 Å². The van der Waals surface area contributed by atoms with Gasteiger partial charge < -0.3 is 4.90 Å². The molecule has 1 nitrogen and oxygen atoms in total. The largest absolute Gasteiger partial charge is 0.311 e. The van der Waals surface area contributed by atoms with E-state index in [0.717, 1.165) is 17.1 Å². The zero-order chi connectivity index (χ0) is 37.0. The van der Waals surface area contributed by atoms with Crippen LogP contribution in [0.1, 0.15) is 0 Å². The third-order valence-electron chi connectivity index (χ3n) is 11.3. The lowest BCUT2D eigenvalue weighted by Crippen LogP contribution is -2.09. The van der Waals surface area contributed by atoms with Crippen LogP contribution in [-0.4, -0.2) is 0 Å². The van der Waals surface area contributed by atoms with Crippen molar-refractivity contribution in [2.75, 3.05) is 4.90 Å². The minimum Gasteiger partial charge on any atom is -0.311 e. The zero-order valence-corrected chi connectivity index (χ0v) is 31.4. The molecular weight excluding hydrogens is 695 g/mol. The van der Waals surface area contributed by atoms with Crippen molar-refractivity contribution in [1.82, 2.24) is 0 Å². The molecule has 11 rings (SSSR count). The molecule has 0 atom stereocenters. The topological polar surface area (TPSA) is 3.24 Å². The fourth-order valence-corrected chi connectivity index (χ4v) is 9.71. The van der Waals surface area contributed by atoms with E-state index in [0.29, 0.717) is 0 Å². The first-order chi connectivity index (χ1) is 27.8. The van der Waals surface area contributed by atoms with Gasteiger partial charge in [-0.25, -0.2) is 0 Å². The van der Waals surface area contributed by atoms with Gasteiger partial charge in [0, 0.05) is 37.2 Å². The highest BCUT2D eigenvalue weighted by molar-refractivity contribution is 7.25. The fourth-order valence-electron chi connectivity index (χ4n) is 8.58. The van der Waals surface area contributed by atoms with Crippen molar-refractivity contribution in [1.29, 1.82) is 0 Å². The molecule has 0 spiro atoms. The summed E-state index contributed by atoms with van der Waals surface area (Å²) in [7, 11) is 0. The first-order valence-corrected chi connectivity index (χ1v) is 20.0. The van der Waals surface area contributed by atoms with Gasteiger partial charge in [0.05, 0.1) is 0 Å². The lowest BCUT2D eigenvalue weighted by molar-refractivity contribution is 1.28. The molecule has 2 heteroatoms. The summed E-state index contributed by atoms with van der Waals surface area (Å²) in [6, 6.07) is 77.6. The number of thiophene rings is 1. The average molecular weight is 730 g/mol. The summed E-state index contributed by atoms with van der Waals surface area (Å²) in [5, 5.41) is 10.3. The minimum atomic E-state index is 1.11. The molecular formula is C54H35NS. The molecule has 0 aliphatic heterocycles. The second kappa shape index (κ2) is 13.4.